The van der Waals surface area contributed by atoms with Gasteiger partial charge in [-0.05, 0) is 98.2 Å². The van der Waals surface area contributed by atoms with Gasteiger partial charge < -0.3 is 30.0 Å². The second-order valence-corrected chi connectivity index (χ2v) is 19.7. The summed E-state index contributed by atoms with van der Waals surface area (Å²) < 4.78 is 178. The molecule has 4 aliphatic rings. The predicted molar refractivity (Wildman–Crippen MR) is 245 cm³/mol. The molecule has 8 rings (SSSR count). The number of hydrogen-bond acceptors (Lipinski definition) is 9. The number of esters is 1. The molecule has 4 saturated heterocycles. The summed E-state index contributed by atoms with van der Waals surface area (Å²) in [7, 11) is 0. The summed E-state index contributed by atoms with van der Waals surface area (Å²) in [6.07, 6.45) is -20.4. The summed E-state index contributed by atoms with van der Waals surface area (Å²) in [4.78, 5) is 40.4. The average molecular weight is 1080 g/mol. The van der Waals surface area contributed by atoms with Gasteiger partial charge in [-0.15, -0.1) is 0 Å². The van der Waals surface area contributed by atoms with E-state index in [0.29, 0.717) is 63.0 Å². The number of ether oxygens (including phenoxy) is 3. The van der Waals surface area contributed by atoms with Crippen LogP contribution in [-0.2, 0) is 64.4 Å². The molecule has 2 unspecified atom stereocenters. The fraction of sp³-hybridized carbons (Fsp3) is 0.481. The molecule has 0 radical (unpaired) electrons. The number of nitrogens with one attached hydrogen (secondary N) is 2. The lowest BCUT2D eigenvalue weighted by Gasteiger charge is -2.56. The second-order valence-electron chi connectivity index (χ2n) is 19.7. The number of aliphatic hydroxyl groups is 1. The standard InChI is InChI=1S/C27H28F6N2O4.C25H26F6N2O3/c1-17(19-10-21(26(28,29)30)12-22(11-19)27(31,32)33)38-16-25(20-6-4-3-5-7-20)9-8-24(15-39-18(2)36)14-35(25)13-23(37)34-24;1-16(17-9-19(24(26,27)28)11-20(10-17)25(29,30)31)36-15-23(18-5-3-2-4-6-18)8-7-22(14-34)13-33(23)12-21(35)32-22/h3-7,10-12,17H,8-9,13-16H2,1-2H3,(H,34,37);2-6,9-11,16,34H,7-8,12-15H2,1H3,(H,32,35)/t17-,24+,25-;16-,22+,23-/m11/s1. The number of fused-ring (bicyclic) bond motifs is 4. The third-order valence-corrected chi connectivity index (χ3v) is 14.5. The minimum Gasteiger partial charge on any atom is -0.463 e. The fourth-order valence-corrected chi connectivity index (χ4v) is 10.4. The van der Waals surface area contributed by atoms with Crippen molar-refractivity contribution in [2.45, 2.75) is 106 Å². The van der Waals surface area contributed by atoms with Crippen LogP contribution >= 0.6 is 0 Å². The Balaban J connectivity index is 0.000000219. The maximum absolute atomic E-state index is 13.4. The van der Waals surface area contributed by atoms with E-state index in [4.69, 9.17) is 14.2 Å². The van der Waals surface area contributed by atoms with Gasteiger partial charge >= 0.3 is 30.7 Å². The summed E-state index contributed by atoms with van der Waals surface area (Å²) in [6.45, 7) is 4.21. The number of benzene rings is 4. The zero-order valence-corrected chi connectivity index (χ0v) is 40.7. The Morgan fingerprint density at radius 3 is 1.25 bits per heavy atom. The van der Waals surface area contributed by atoms with Crippen molar-refractivity contribution < 1.29 is 86.4 Å². The second kappa shape index (κ2) is 21.3. The highest BCUT2D eigenvalue weighted by molar-refractivity contribution is 5.81. The SMILES string of the molecule is CC(=O)OC[C@@]12CC[C@@](CO[C@H](C)c3cc(C(F)(F)F)cc(C(F)(F)F)c3)(c3ccccc3)N(CC(=O)N1)C2.C[C@@H](OC[C@@]1(c2ccccc2)CC[C@@]2(CO)CN1CC(=O)N2)c1cc(C(F)(F)F)cc(C(F)(F)F)c1. The molecule has 4 aromatic rings. The zero-order valence-electron chi connectivity index (χ0n) is 40.7. The van der Waals surface area contributed by atoms with Gasteiger partial charge in [0.25, 0.3) is 0 Å². The summed E-state index contributed by atoms with van der Waals surface area (Å²) in [5.41, 5.74) is -7.97. The lowest BCUT2D eigenvalue weighted by molar-refractivity contribution is -0.157. The van der Waals surface area contributed by atoms with E-state index in [9.17, 15) is 72.2 Å². The van der Waals surface area contributed by atoms with E-state index in [0.717, 1.165) is 11.1 Å². The van der Waals surface area contributed by atoms with Crippen LogP contribution in [-0.4, -0.2) is 96.4 Å². The Kier molecular flexibility index (Phi) is 16.2. The van der Waals surface area contributed by atoms with E-state index in [1.165, 1.54) is 20.8 Å². The molecule has 0 spiro atoms. The zero-order chi connectivity index (χ0) is 55.0. The molecule has 23 heteroatoms. The number of amides is 2. The van der Waals surface area contributed by atoms with Crippen LogP contribution in [0.15, 0.2) is 97.1 Å². The minimum absolute atomic E-state index is 0.0101. The summed E-state index contributed by atoms with van der Waals surface area (Å²) in [5, 5.41) is 15.7. The van der Waals surface area contributed by atoms with Crippen molar-refractivity contribution in [2.75, 3.05) is 52.6 Å². The molecule has 408 valence electrons. The molecule has 4 aromatic carbocycles. The largest absolute Gasteiger partial charge is 0.463 e. The highest BCUT2D eigenvalue weighted by Crippen LogP contribution is 2.47. The van der Waals surface area contributed by atoms with Crippen LogP contribution in [0.2, 0.25) is 0 Å². The van der Waals surface area contributed by atoms with Crippen LogP contribution < -0.4 is 10.6 Å². The maximum Gasteiger partial charge on any atom is 0.416 e. The van der Waals surface area contributed by atoms with E-state index in [2.05, 4.69) is 10.6 Å². The van der Waals surface area contributed by atoms with E-state index < -0.39 is 87.3 Å². The lowest BCUT2D eigenvalue weighted by atomic mass is 9.73. The molecule has 0 aromatic heterocycles. The number of nitrogens with zero attached hydrogens (tertiary/aromatic N) is 2. The topological polar surface area (TPSA) is 130 Å². The van der Waals surface area contributed by atoms with Gasteiger partial charge in [0, 0.05) is 20.0 Å². The first kappa shape index (κ1) is 57.0. The number of piperazine rings is 2. The smallest absolute Gasteiger partial charge is 0.416 e. The molecule has 4 fully saturated rings. The van der Waals surface area contributed by atoms with Crippen LogP contribution in [0.4, 0.5) is 52.7 Å². The van der Waals surface area contributed by atoms with Gasteiger partial charge in [0.05, 0.1) is 89.5 Å². The fourth-order valence-electron chi connectivity index (χ4n) is 10.4. The van der Waals surface area contributed by atoms with E-state index in [1.54, 1.807) is 30.3 Å². The highest BCUT2D eigenvalue weighted by atomic mass is 19.4. The maximum atomic E-state index is 13.4. The predicted octanol–water partition coefficient (Wildman–Crippen LogP) is 9.88. The third kappa shape index (κ3) is 12.8. The first-order valence-electron chi connectivity index (χ1n) is 23.7. The van der Waals surface area contributed by atoms with Crippen molar-refractivity contribution in [1.82, 2.24) is 20.4 Å². The summed E-state index contributed by atoms with van der Waals surface area (Å²) >= 11 is 0. The highest BCUT2D eigenvalue weighted by Gasteiger charge is 2.55. The average Bonchev–Trinajstić information content (AvgIpc) is 3.35. The molecular formula is C52H54F12N4O7. The number of aliphatic hydroxyl groups excluding tert-OH is 1. The number of alkyl halides is 12. The molecule has 8 atom stereocenters. The Morgan fingerprint density at radius 1 is 0.560 bits per heavy atom. The molecule has 3 N–H and O–H groups in total. The van der Waals surface area contributed by atoms with Crippen molar-refractivity contribution >= 4 is 17.8 Å². The molecule has 75 heavy (non-hydrogen) atoms. The Bertz CT molecular complexity index is 2630. The Morgan fingerprint density at radius 2 is 0.907 bits per heavy atom. The van der Waals surface area contributed by atoms with Gasteiger partial charge in [-0.3, -0.25) is 24.2 Å². The van der Waals surface area contributed by atoms with Gasteiger partial charge in [-0.25, -0.2) is 0 Å². The van der Waals surface area contributed by atoms with Crippen LogP contribution in [0.5, 0.6) is 0 Å². The van der Waals surface area contributed by atoms with E-state index >= 15 is 0 Å². The number of rotatable bonds is 13. The number of halogens is 12. The molecule has 11 nitrogen and oxygen atoms in total. The monoisotopic (exact) mass is 1070 g/mol. The van der Waals surface area contributed by atoms with E-state index in [1.807, 2.05) is 40.1 Å². The number of carbonyl (C=O) groups is 3. The molecule has 0 saturated carbocycles. The quantitative estimate of drug-likeness (QED) is 0.0886. The Hall–Kier alpha value is -5.75. The number of piperidine rings is 2. The van der Waals surface area contributed by atoms with Crippen molar-refractivity contribution in [1.29, 1.82) is 0 Å². The van der Waals surface area contributed by atoms with Crippen molar-refractivity contribution in [3.63, 3.8) is 0 Å². The first-order valence-corrected chi connectivity index (χ1v) is 23.7. The van der Waals surface area contributed by atoms with Crippen molar-refractivity contribution in [3.8, 4) is 0 Å². The van der Waals surface area contributed by atoms with Gasteiger partial charge in [0.15, 0.2) is 0 Å². The molecule has 4 heterocycles. The van der Waals surface area contributed by atoms with Crippen molar-refractivity contribution in [2.24, 2.45) is 0 Å². The van der Waals surface area contributed by atoms with Gasteiger partial charge in [0.1, 0.15) is 6.61 Å². The summed E-state index contributed by atoms with van der Waals surface area (Å²) in [5.74, 6) is -1.07. The van der Waals surface area contributed by atoms with Crippen LogP contribution in [0, 0.1) is 0 Å². The van der Waals surface area contributed by atoms with Crippen LogP contribution in [0.25, 0.3) is 0 Å². The summed E-state index contributed by atoms with van der Waals surface area (Å²) in [6, 6.07) is 21.0. The van der Waals surface area contributed by atoms with Gasteiger partial charge in [0.2, 0.25) is 11.8 Å². The number of hydrogen-bond donors (Lipinski definition) is 3. The van der Waals surface area contributed by atoms with Gasteiger partial charge in [-0.2, -0.15) is 52.7 Å². The third-order valence-electron chi connectivity index (χ3n) is 14.5. The number of carbonyl (C=O) groups excluding carboxylic acids is 3. The molecule has 4 bridgehead atoms. The van der Waals surface area contributed by atoms with Crippen molar-refractivity contribution in [3.05, 3.63) is 142 Å². The molecule has 2 amide bonds. The minimum atomic E-state index is -4.98. The van der Waals surface area contributed by atoms with Crippen LogP contribution in [0.1, 0.15) is 103 Å². The molecular weight excluding hydrogens is 1020 g/mol. The Labute approximate surface area is 423 Å². The van der Waals surface area contributed by atoms with E-state index in [-0.39, 0.29) is 74.6 Å². The van der Waals surface area contributed by atoms with Crippen LogP contribution in [0.3, 0.4) is 0 Å². The lowest BCUT2D eigenvalue weighted by Crippen LogP contribution is -2.73. The molecule has 4 aliphatic heterocycles. The normalized spacial score (nSPS) is 26.7. The first-order chi connectivity index (χ1) is 34.9. The molecule has 0 aliphatic carbocycles. The van der Waals surface area contributed by atoms with Gasteiger partial charge in [-0.1, -0.05) is 60.7 Å².